The summed E-state index contributed by atoms with van der Waals surface area (Å²) in [5.41, 5.74) is 3.53. The van der Waals surface area contributed by atoms with Gasteiger partial charge < -0.3 is 5.32 Å². The predicted molar refractivity (Wildman–Crippen MR) is 90.3 cm³/mol. The summed E-state index contributed by atoms with van der Waals surface area (Å²) >= 11 is 0. The van der Waals surface area contributed by atoms with Crippen molar-refractivity contribution in [3.8, 4) is 0 Å². The molecular formula is C18H19NO3S. The van der Waals surface area contributed by atoms with Crippen LogP contribution in [0.1, 0.15) is 23.1 Å². The zero-order valence-corrected chi connectivity index (χ0v) is 13.8. The maximum atomic E-state index is 12.2. The van der Waals surface area contributed by atoms with Crippen LogP contribution in [-0.2, 0) is 27.5 Å². The lowest BCUT2D eigenvalue weighted by Crippen LogP contribution is -2.18. The summed E-state index contributed by atoms with van der Waals surface area (Å²) in [6.07, 6.45) is 1.64. The van der Waals surface area contributed by atoms with Crippen molar-refractivity contribution in [1.29, 1.82) is 0 Å². The van der Waals surface area contributed by atoms with Crippen molar-refractivity contribution in [3.05, 3.63) is 59.2 Å². The second-order valence-electron chi connectivity index (χ2n) is 5.96. The number of carbonyl (C=O) groups excluding carboxylic acids is 1. The Balaban J connectivity index is 1.75. The van der Waals surface area contributed by atoms with Crippen molar-refractivity contribution in [3.63, 3.8) is 0 Å². The Bertz CT molecular complexity index is 856. The molecule has 1 amide bonds. The molecule has 1 aliphatic rings. The summed E-state index contributed by atoms with van der Waals surface area (Å²) in [5, 5.41) is 2.87. The van der Waals surface area contributed by atoms with Gasteiger partial charge in [0.25, 0.3) is 0 Å². The number of anilines is 1. The van der Waals surface area contributed by atoms with Crippen LogP contribution in [0.5, 0.6) is 0 Å². The molecule has 0 aromatic heterocycles. The first-order chi connectivity index (χ1) is 10.9. The third kappa shape index (κ3) is 3.62. The molecule has 0 atom stereocenters. The molecule has 0 saturated heterocycles. The van der Waals surface area contributed by atoms with E-state index in [9.17, 15) is 13.2 Å². The number of carbonyl (C=O) groups is 1. The summed E-state index contributed by atoms with van der Waals surface area (Å²) in [6, 6.07) is 12.9. The Labute approximate surface area is 136 Å². The second-order valence-corrected chi connectivity index (χ2v) is 8.04. The quantitative estimate of drug-likeness (QED) is 0.942. The van der Waals surface area contributed by atoms with Crippen LogP contribution in [-0.4, -0.2) is 20.1 Å². The number of fused-ring (bicyclic) bond motifs is 1. The standard InChI is InChI=1S/C18H19NO3S/c1-13-4-2-6-16(10-13)19-18(20)12-14-7-8-17-15(11-14)5-3-9-23(17,21)22/h2,4,6-8,10-11H,3,5,9,12H2,1H3,(H,19,20). The van der Waals surface area contributed by atoms with Gasteiger partial charge in [0.05, 0.1) is 17.1 Å². The second kappa shape index (κ2) is 6.16. The van der Waals surface area contributed by atoms with E-state index in [-0.39, 0.29) is 18.1 Å². The number of benzene rings is 2. The lowest BCUT2D eigenvalue weighted by Gasteiger charge is -2.17. The molecule has 0 spiro atoms. The van der Waals surface area contributed by atoms with Gasteiger partial charge in [-0.25, -0.2) is 8.42 Å². The third-order valence-electron chi connectivity index (χ3n) is 3.99. The first kappa shape index (κ1) is 15.7. The Morgan fingerprint density at radius 1 is 1.17 bits per heavy atom. The SMILES string of the molecule is Cc1cccc(NC(=O)Cc2ccc3c(c2)CCCS3(=O)=O)c1. The highest BCUT2D eigenvalue weighted by molar-refractivity contribution is 7.91. The zero-order valence-electron chi connectivity index (χ0n) is 13.0. The fourth-order valence-corrected chi connectivity index (χ4v) is 4.50. The Morgan fingerprint density at radius 3 is 2.78 bits per heavy atom. The minimum Gasteiger partial charge on any atom is -0.326 e. The zero-order chi connectivity index (χ0) is 16.4. The van der Waals surface area contributed by atoms with Crippen LogP contribution in [0.15, 0.2) is 47.4 Å². The highest BCUT2D eigenvalue weighted by atomic mass is 32.2. The number of hydrogen-bond acceptors (Lipinski definition) is 3. The van der Waals surface area contributed by atoms with Crippen LogP contribution in [0.4, 0.5) is 5.69 Å². The Morgan fingerprint density at radius 2 is 2.00 bits per heavy atom. The van der Waals surface area contributed by atoms with Crippen LogP contribution in [0.25, 0.3) is 0 Å². The first-order valence-corrected chi connectivity index (χ1v) is 9.30. The summed E-state index contributed by atoms with van der Waals surface area (Å²) < 4.78 is 24.0. The number of nitrogens with one attached hydrogen (secondary N) is 1. The normalized spacial score (nSPS) is 15.7. The monoisotopic (exact) mass is 329 g/mol. The molecule has 1 N–H and O–H groups in total. The summed E-state index contributed by atoms with van der Waals surface area (Å²) in [6.45, 7) is 1.97. The van der Waals surface area contributed by atoms with Crippen molar-refractivity contribution in [2.45, 2.75) is 31.1 Å². The molecule has 5 heteroatoms. The number of sulfone groups is 1. The lowest BCUT2D eigenvalue weighted by molar-refractivity contribution is -0.115. The van der Waals surface area contributed by atoms with Gasteiger partial charge in [0.15, 0.2) is 9.84 Å². The summed E-state index contributed by atoms with van der Waals surface area (Å²) in [7, 11) is -3.14. The molecule has 3 rings (SSSR count). The van der Waals surface area contributed by atoms with Crippen LogP contribution in [0.2, 0.25) is 0 Å². The van der Waals surface area contributed by atoms with Crippen molar-refractivity contribution in [2.24, 2.45) is 0 Å². The smallest absolute Gasteiger partial charge is 0.228 e. The van der Waals surface area contributed by atoms with Crippen molar-refractivity contribution in [1.82, 2.24) is 0 Å². The van der Waals surface area contributed by atoms with Gasteiger partial charge in [0.1, 0.15) is 0 Å². The van der Waals surface area contributed by atoms with E-state index in [0.717, 1.165) is 28.8 Å². The minimum atomic E-state index is -3.14. The molecule has 2 aromatic rings. The molecule has 0 unspecified atom stereocenters. The Kier molecular flexibility index (Phi) is 4.22. The van der Waals surface area contributed by atoms with Gasteiger partial charge in [0, 0.05) is 5.69 Å². The maximum Gasteiger partial charge on any atom is 0.228 e. The number of rotatable bonds is 3. The highest BCUT2D eigenvalue weighted by Gasteiger charge is 2.23. The molecule has 1 aliphatic heterocycles. The molecule has 0 radical (unpaired) electrons. The predicted octanol–water partition coefficient (Wildman–Crippen LogP) is 2.90. The summed E-state index contributed by atoms with van der Waals surface area (Å²) in [5.74, 6) is 0.113. The number of amides is 1. The van der Waals surface area contributed by atoms with Crippen molar-refractivity contribution >= 4 is 21.4 Å². The van der Waals surface area contributed by atoms with Crippen LogP contribution in [0, 0.1) is 6.92 Å². The average molecular weight is 329 g/mol. The molecule has 0 saturated carbocycles. The molecule has 0 bridgehead atoms. The molecule has 2 aromatic carbocycles. The highest BCUT2D eigenvalue weighted by Crippen LogP contribution is 2.26. The van der Waals surface area contributed by atoms with E-state index in [2.05, 4.69) is 5.32 Å². The molecule has 23 heavy (non-hydrogen) atoms. The average Bonchev–Trinajstić information content (AvgIpc) is 2.46. The van der Waals surface area contributed by atoms with E-state index >= 15 is 0 Å². The fraction of sp³-hybridized carbons (Fsp3) is 0.278. The topological polar surface area (TPSA) is 63.2 Å². The fourth-order valence-electron chi connectivity index (χ4n) is 2.92. The number of hydrogen-bond donors (Lipinski definition) is 1. The van der Waals surface area contributed by atoms with E-state index in [4.69, 9.17) is 0 Å². The van der Waals surface area contributed by atoms with E-state index in [1.165, 1.54) is 0 Å². The van der Waals surface area contributed by atoms with Gasteiger partial charge in [-0.2, -0.15) is 0 Å². The Hall–Kier alpha value is -2.14. The molecule has 120 valence electrons. The van der Waals surface area contributed by atoms with Gasteiger partial charge in [-0.3, -0.25) is 4.79 Å². The van der Waals surface area contributed by atoms with Crippen LogP contribution in [0.3, 0.4) is 0 Å². The minimum absolute atomic E-state index is 0.103. The molecular weight excluding hydrogens is 310 g/mol. The van der Waals surface area contributed by atoms with Crippen LogP contribution < -0.4 is 5.32 Å². The first-order valence-electron chi connectivity index (χ1n) is 7.65. The van der Waals surface area contributed by atoms with E-state index in [0.29, 0.717) is 11.3 Å². The molecule has 0 aliphatic carbocycles. The maximum absolute atomic E-state index is 12.2. The van der Waals surface area contributed by atoms with Gasteiger partial charge in [-0.15, -0.1) is 0 Å². The third-order valence-corrected chi connectivity index (χ3v) is 5.88. The van der Waals surface area contributed by atoms with E-state index < -0.39 is 9.84 Å². The lowest BCUT2D eigenvalue weighted by atomic mass is 10.0. The molecule has 4 nitrogen and oxygen atoms in total. The van der Waals surface area contributed by atoms with Gasteiger partial charge in [-0.05, 0) is 54.7 Å². The van der Waals surface area contributed by atoms with Gasteiger partial charge in [-0.1, -0.05) is 24.3 Å². The largest absolute Gasteiger partial charge is 0.326 e. The van der Waals surface area contributed by atoms with E-state index in [1.807, 2.05) is 37.3 Å². The van der Waals surface area contributed by atoms with E-state index in [1.54, 1.807) is 12.1 Å². The van der Waals surface area contributed by atoms with Gasteiger partial charge >= 0.3 is 0 Å². The van der Waals surface area contributed by atoms with Crippen molar-refractivity contribution in [2.75, 3.05) is 11.1 Å². The van der Waals surface area contributed by atoms with Gasteiger partial charge in [0.2, 0.25) is 5.91 Å². The van der Waals surface area contributed by atoms with Crippen molar-refractivity contribution < 1.29 is 13.2 Å². The molecule has 0 fully saturated rings. The number of aryl methyl sites for hydroxylation is 2. The summed E-state index contributed by atoms with van der Waals surface area (Å²) in [4.78, 5) is 12.6. The molecule has 1 heterocycles. The van der Waals surface area contributed by atoms with Crippen LogP contribution >= 0.6 is 0 Å².